The molecular weight excluding hydrogens is 394 g/mol. The first kappa shape index (κ1) is 18.9. The fraction of sp³-hybridized carbons (Fsp3) is 0.125. The van der Waals surface area contributed by atoms with Crippen LogP contribution in [0.15, 0.2) is 36.4 Å². The number of carbonyl (C=O) groups excluding carboxylic acids is 2. The predicted molar refractivity (Wildman–Crippen MR) is 97.6 cm³/mol. The van der Waals surface area contributed by atoms with Crippen LogP contribution in [0.1, 0.15) is 20.7 Å². The van der Waals surface area contributed by atoms with Crippen LogP contribution < -0.4 is 10.6 Å². The number of benzene rings is 2. The van der Waals surface area contributed by atoms with Crippen molar-refractivity contribution in [1.29, 1.82) is 0 Å². The molecule has 24 heavy (non-hydrogen) atoms. The maximum atomic E-state index is 12.0. The summed E-state index contributed by atoms with van der Waals surface area (Å²) in [7, 11) is 0. The van der Waals surface area contributed by atoms with Gasteiger partial charge in [0.15, 0.2) is 0 Å². The van der Waals surface area contributed by atoms with Crippen molar-refractivity contribution in [3.63, 3.8) is 0 Å². The van der Waals surface area contributed by atoms with Crippen molar-refractivity contribution >= 4 is 58.2 Å². The number of hydrogen-bond acceptors (Lipinski definition) is 2. The first-order valence-electron chi connectivity index (χ1n) is 6.85. The Morgan fingerprint density at radius 2 is 1.42 bits per heavy atom. The van der Waals surface area contributed by atoms with E-state index < -0.39 is 0 Å². The molecule has 126 valence electrons. The molecule has 0 aliphatic rings. The summed E-state index contributed by atoms with van der Waals surface area (Å²) in [5.41, 5.74) is 0.702. The molecule has 8 heteroatoms. The zero-order valence-electron chi connectivity index (χ0n) is 12.2. The van der Waals surface area contributed by atoms with Crippen LogP contribution in [0.25, 0.3) is 0 Å². The van der Waals surface area contributed by atoms with E-state index in [4.69, 9.17) is 46.4 Å². The van der Waals surface area contributed by atoms with Crippen molar-refractivity contribution in [2.24, 2.45) is 0 Å². The SMILES string of the molecule is O=C(NCCNC(=O)c1ccc(Cl)cc1Cl)c1ccc(Cl)c(Cl)c1. The van der Waals surface area contributed by atoms with Gasteiger partial charge in [-0.05, 0) is 36.4 Å². The van der Waals surface area contributed by atoms with Crippen LogP contribution in [-0.2, 0) is 0 Å². The molecular formula is C16H12Cl4N2O2. The molecule has 0 aromatic heterocycles. The minimum atomic E-state index is -0.347. The standard InChI is InChI=1S/C16H12Cl4N2O2/c17-10-2-3-11(13(19)8-10)16(24)22-6-5-21-15(23)9-1-4-12(18)14(20)7-9/h1-4,7-8H,5-6H2,(H,21,23)(H,22,24). The third-order valence-electron chi connectivity index (χ3n) is 3.05. The van der Waals surface area contributed by atoms with Crippen molar-refractivity contribution in [3.8, 4) is 0 Å². The molecule has 0 unspecified atom stereocenters. The van der Waals surface area contributed by atoms with Gasteiger partial charge < -0.3 is 10.6 Å². The molecule has 0 aliphatic heterocycles. The Labute approximate surface area is 159 Å². The van der Waals surface area contributed by atoms with E-state index in [-0.39, 0.29) is 29.9 Å². The van der Waals surface area contributed by atoms with Crippen LogP contribution in [0.3, 0.4) is 0 Å². The average molecular weight is 406 g/mol. The van der Waals surface area contributed by atoms with Gasteiger partial charge in [0, 0.05) is 23.7 Å². The summed E-state index contributed by atoms with van der Waals surface area (Å²) in [5, 5.41) is 6.71. The van der Waals surface area contributed by atoms with E-state index in [9.17, 15) is 9.59 Å². The molecule has 2 aromatic rings. The van der Waals surface area contributed by atoms with Crippen molar-refractivity contribution in [1.82, 2.24) is 10.6 Å². The second kappa shape index (κ2) is 8.58. The molecule has 0 heterocycles. The third kappa shape index (κ3) is 5.02. The van der Waals surface area contributed by atoms with E-state index in [1.807, 2.05) is 0 Å². The molecule has 0 aliphatic carbocycles. The highest BCUT2D eigenvalue weighted by atomic mass is 35.5. The molecule has 0 fully saturated rings. The van der Waals surface area contributed by atoms with Gasteiger partial charge >= 0.3 is 0 Å². The van der Waals surface area contributed by atoms with Crippen LogP contribution in [0.5, 0.6) is 0 Å². The highest BCUT2D eigenvalue weighted by Gasteiger charge is 2.11. The lowest BCUT2D eigenvalue weighted by Gasteiger charge is -2.09. The van der Waals surface area contributed by atoms with Gasteiger partial charge in [-0.1, -0.05) is 46.4 Å². The summed E-state index contributed by atoms with van der Waals surface area (Å²) >= 11 is 23.4. The minimum Gasteiger partial charge on any atom is -0.350 e. The van der Waals surface area contributed by atoms with E-state index in [0.717, 1.165) is 0 Å². The van der Waals surface area contributed by atoms with E-state index in [1.165, 1.54) is 18.2 Å². The summed E-state index contributed by atoms with van der Waals surface area (Å²) in [6, 6.07) is 9.19. The Morgan fingerprint density at radius 1 is 0.750 bits per heavy atom. The fourth-order valence-corrected chi connectivity index (χ4v) is 2.65. The topological polar surface area (TPSA) is 58.2 Å². The molecule has 0 saturated carbocycles. The Hall–Kier alpha value is -1.46. The summed E-state index contributed by atoms with van der Waals surface area (Å²) in [4.78, 5) is 23.9. The fourth-order valence-electron chi connectivity index (χ4n) is 1.86. The lowest BCUT2D eigenvalue weighted by Crippen LogP contribution is -2.34. The van der Waals surface area contributed by atoms with Crippen molar-refractivity contribution < 1.29 is 9.59 Å². The van der Waals surface area contributed by atoms with Gasteiger partial charge in [-0.15, -0.1) is 0 Å². The smallest absolute Gasteiger partial charge is 0.252 e. The zero-order valence-corrected chi connectivity index (χ0v) is 15.2. The molecule has 0 bridgehead atoms. The molecule has 4 nitrogen and oxygen atoms in total. The summed E-state index contributed by atoms with van der Waals surface area (Å²) in [6.07, 6.45) is 0. The molecule has 2 rings (SSSR count). The highest BCUT2D eigenvalue weighted by molar-refractivity contribution is 6.42. The Bertz CT molecular complexity index is 781. The molecule has 0 atom stereocenters. The number of amides is 2. The normalized spacial score (nSPS) is 10.3. The van der Waals surface area contributed by atoms with Gasteiger partial charge in [-0.25, -0.2) is 0 Å². The van der Waals surface area contributed by atoms with E-state index in [0.29, 0.717) is 26.2 Å². The van der Waals surface area contributed by atoms with Gasteiger partial charge in [-0.2, -0.15) is 0 Å². The third-order valence-corrected chi connectivity index (χ3v) is 4.34. The number of hydrogen-bond donors (Lipinski definition) is 2. The molecule has 2 amide bonds. The number of carbonyl (C=O) groups is 2. The zero-order chi connectivity index (χ0) is 17.7. The van der Waals surface area contributed by atoms with Crippen molar-refractivity contribution in [2.75, 3.05) is 13.1 Å². The second-order valence-corrected chi connectivity index (χ2v) is 6.42. The quantitative estimate of drug-likeness (QED) is 0.721. The summed E-state index contributed by atoms with van der Waals surface area (Å²) in [5.74, 6) is -0.659. The Morgan fingerprint density at radius 3 is 2.04 bits per heavy atom. The minimum absolute atomic E-state index is 0.241. The molecule has 0 radical (unpaired) electrons. The Kier molecular flexibility index (Phi) is 6.75. The monoisotopic (exact) mass is 404 g/mol. The lowest BCUT2D eigenvalue weighted by molar-refractivity contribution is 0.0927. The number of rotatable bonds is 5. The van der Waals surface area contributed by atoms with Gasteiger partial charge in [0.05, 0.1) is 20.6 Å². The van der Waals surface area contributed by atoms with Crippen LogP contribution in [0.4, 0.5) is 0 Å². The largest absolute Gasteiger partial charge is 0.350 e. The molecule has 2 N–H and O–H groups in total. The van der Waals surface area contributed by atoms with Crippen molar-refractivity contribution in [2.45, 2.75) is 0 Å². The second-order valence-electron chi connectivity index (χ2n) is 4.76. The van der Waals surface area contributed by atoms with Crippen LogP contribution in [0, 0.1) is 0 Å². The van der Waals surface area contributed by atoms with Crippen LogP contribution >= 0.6 is 46.4 Å². The highest BCUT2D eigenvalue weighted by Crippen LogP contribution is 2.22. The van der Waals surface area contributed by atoms with Gasteiger partial charge in [0.2, 0.25) is 0 Å². The van der Waals surface area contributed by atoms with Gasteiger partial charge in [0.1, 0.15) is 0 Å². The number of halogens is 4. The van der Waals surface area contributed by atoms with E-state index in [1.54, 1.807) is 18.2 Å². The first-order chi connectivity index (χ1) is 11.4. The van der Waals surface area contributed by atoms with E-state index >= 15 is 0 Å². The number of nitrogens with one attached hydrogen (secondary N) is 2. The average Bonchev–Trinajstić information content (AvgIpc) is 2.53. The maximum absolute atomic E-state index is 12.0. The predicted octanol–water partition coefficient (Wildman–Crippen LogP) is 4.46. The van der Waals surface area contributed by atoms with Gasteiger partial charge in [-0.3, -0.25) is 9.59 Å². The molecule has 0 saturated heterocycles. The molecule has 2 aromatic carbocycles. The van der Waals surface area contributed by atoms with Gasteiger partial charge in [0.25, 0.3) is 11.8 Å². The lowest BCUT2D eigenvalue weighted by atomic mass is 10.2. The first-order valence-corrected chi connectivity index (χ1v) is 8.36. The van der Waals surface area contributed by atoms with Crippen LogP contribution in [-0.4, -0.2) is 24.9 Å². The van der Waals surface area contributed by atoms with E-state index in [2.05, 4.69) is 10.6 Å². The van der Waals surface area contributed by atoms with Crippen molar-refractivity contribution in [3.05, 3.63) is 67.6 Å². The van der Waals surface area contributed by atoms with Crippen LogP contribution in [0.2, 0.25) is 20.1 Å². The molecule has 0 spiro atoms. The maximum Gasteiger partial charge on any atom is 0.252 e. The summed E-state index contributed by atoms with van der Waals surface area (Å²) < 4.78 is 0. The summed E-state index contributed by atoms with van der Waals surface area (Å²) in [6.45, 7) is 0.487. The Balaban J connectivity index is 1.82.